The van der Waals surface area contributed by atoms with Gasteiger partial charge in [0.2, 0.25) is 0 Å². The fraction of sp³-hybridized carbons (Fsp3) is 0.318. The molecule has 0 bridgehead atoms. The molecular weight excluding hydrogens is 392 g/mol. The van der Waals surface area contributed by atoms with Crippen molar-refractivity contribution < 1.29 is 14.4 Å². The average molecular weight is 419 g/mol. The first-order chi connectivity index (χ1) is 14.1. The zero-order chi connectivity index (χ0) is 21.6. The molecule has 0 aliphatic carbocycles. The first kappa shape index (κ1) is 24.3. The van der Waals surface area contributed by atoms with Crippen LogP contribution in [-0.2, 0) is 11.3 Å². The van der Waals surface area contributed by atoms with Gasteiger partial charge in [0.25, 0.3) is 5.69 Å². The summed E-state index contributed by atoms with van der Waals surface area (Å²) in [5.41, 5.74) is 1.59. The zero-order valence-electron chi connectivity index (χ0n) is 17.2. The van der Waals surface area contributed by atoms with Gasteiger partial charge in [-0.15, -0.1) is 0 Å². The molecule has 0 atom stereocenters. The molecule has 0 amide bonds. The normalized spacial score (nSPS) is 9.69. The Morgan fingerprint density at radius 3 is 2.34 bits per heavy atom. The molecule has 2 aromatic carbocycles. The molecular formula is C22H27ClN2O4. The van der Waals surface area contributed by atoms with Crippen LogP contribution in [-0.4, -0.2) is 23.1 Å². The van der Waals surface area contributed by atoms with Gasteiger partial charge in [-0.2, -0.15) is 0 Å². The summed E-state index contributed by atoms with van der Waals surface area (Å²) < 4.78 is 11.3. The quantitative estimate of drug-likeness (QED) is 0.191. The van der Waals surface area contributed by atoms with Crippen LogP contribution in [0.5, 0.6) is 5.75 Å². The van der Waals surface area contributed by atoms with Gasteiger partial charge < -0.3 is 9.47 Å². The van der Waals surface area contributed by atoms with Gasteiger partial charge in [0.1, 0.15) is 17.5 Å². The Labute approximate surface area is 176 Å². The van der Waals surface area contributed by atoms with E-state index >= 15 is 0 Å². The topological polar surface area (TPSA) is 74.5 Å². The second kappa shape index (κ2) is 13.5. The van der Waals surface area contributed by atoms with Gasteiger partial charge in [0, 0.05) is 23.6 Å². The van der Waals surface area contributed by atoms with Crippen LogP contribution in [0.2, 0.25) is 5.15 Å². The van der Waals surface area contributed by atoms with Crippen molar-refractivity contribution in [3.63, 3.8) is 0 Å². The number of benzene rings is 2. The number of hydrogen-bond acceptors (Lipinski definition) is 5. The van der Waals surface area contributed by atoms with E-state index in [9.17, 15) is 10.1 Å². The van der Waals surface area contributed by atoms with Crippen molar-refractivity contribution in [3.8, 4) is 5.75 Å². The predicted molar refractivity (Wildman–Crippen MR) is 118 cm³/mol. The molecule has 0 spiro atoms. The molecule has 1 aromatic heterocycles. The summed E-state index contributed by atoms with van der Waals surface area (Å²) in [7, 11) is 0. The van der Waals surface area contributed by atoms with Crippen LogP contribution in [0.3, 0.4) is 0 Å². The maximum Gasteiger partial charge on any atom is 0.270 e. The Morgan fingerprint density at radius 2 is 1.69 bits per heavy atom. The highest BCUT2D eigenvalue weighted by atomic mass is 35.5. The van der Waals surface area contributed by atoms with Crippen molar-refractivity contribution in [2.45, 2.75) is 34.3 Å². The monoisotopic (exact) mass is 418 g/mol. The van der Waals surface area contributed by atoms with Crippen LogP contribution >= 0.6 is 11.6 Å². The molecule has 29 heavy (non-hydrogen) atoms. The Bertz CT molecular complexity index is 889. The number of ether oxygens (including phenoxy) is 2. The molecule has 0 radical (unpaired) electrons. The third-order valence-electron chi connectivity index (χ3n) is 3.53. The second-order valence-electron chi connectivity index (χ2n) is 5.29. The number of nitro benzene ring substituents is 1. The van der Waals surface area contributed by atoms with Gasteiger partial charge in [-0.3, -0.25) is 10.1 Å². The van der Waals surface area contributed by atoms with Crippen LogP contribution in [0.15, 0.2) is 54.6 Å². The lowest BCUT2D eigenvalue weighted by molar-refractivity contribution is -0.384. The maximum atomic E-state index is 11.0. The van der Waals surface area contributed by atoms with Gasteiger partial charge >= 0.3 is 0 Å². The number of nitro groups is 1. The summed E-state index contributed by atoms with van der Waals surface area (Å²) in [6.45, 7) is 9.17. The van der Waals surface area contributed by atoms with E-state index in [1.54, 1.807) is 12.1 Å². The molecule has 0 aliphatic heterocycles. The number of hydrogen-bond donors (Lipinski definition) is 0. The Hall–Kier alpha value is -2.70. The second-order valence-corrected chi connectivity index (χ2v) is 5.68. The van der Waals surface area contributed by atoms with Crippen molar-refractivity contribution in [3.05, 3.63) is 75.4 Å². The highest BCUT2D eigenvalue weighted by Gasteiger charge is 2.12. The average Bonchev–Trinajstić information content (AvgIpc) is 2.76. The van der Waals surface area contributed by atoms with Gasteiger partial charge in [-0.25, -0.2) is 4.98 Å². The predicted octanol–water partition coefficient (Wildman–Crippen LogP) is 6.44. The van der Waals surface area contributed by atoms with Crippen LogP contribution in [0, 0.1) is 10.1 Å². The molecule has 3 rings (SSSR count). The molecule has 0 N–H and O–H groups in total. The van der Waals surface area contributed by atoms with E-state index in [4.69, 9.17) is 21.1 Å². The molecule has 0 aliphatic rings. The first-order valence-electron chi connectivity index (χ1n) is 9.62. The van der Waals surface area contributed by atoms with Gasteiger partial charge in [-0.1, -0.05) is 69.6 Å². The van der Waals surface area contributed by atoms with Gasteiger partial charge in [0.15, 0.2) is 0 Å². The Kier molecular flexibility index (Phi) is 11.3. The zero-order valence-corrected chi connectivity index (χ0v) is 18.0. The summed E-state index contributed by atoms with van der Waals surface area (Å²) >= 11 is 5.99. The Morgan fingerprint density at radius 1 is 1.00 bits per heavy atom. The first-order valence-corrected chi connectivity index (χ1v) is 10.0. The maximum absolute atomic E-state index is 11.0. The molecule has 0 unspecified atom stereocenters. The van der Waals surface area contributed by atoms with Crippen LogP contribution in [0.1, 0.15) is 33.3 Å². The largest absolute Gasteiger partial charge is 0.490 e. The molecule has 156 valence electrons. The van der Waals surface area contributed by atoms with E-state index in [0.717, 1.165) is 5.56 Å². The third kappa shape index (κ3) is 7.68. The fourth-order valence-corrected chi connectivity index (χ4v) is 2.55. The number of pyridine rings is 1. The summed E-state index contributed by atoms with van der Waals surface area (Å²) in [6, 6.07) is 15.7. The van der Waals surface area contributed by atoms with E-state index in [1.165, 1.54) is 12.1 Å². The summed E-state index contributed by atoms with van der Waals surface area (Å²) in [5, 5.41) is 11.8. The minimum atomic E-state index is -0.458. The molecule has 6 nitrogen and oxygen atoms in total. The molecule has 0 fully saturated rings. The fourth-order valence-electron chi connectivity index (χ4n) is 2.36. The number of rotatable bonds is 7. The third-order valence-corrected chi connectivity index (χ3v) is 3.72. The van der Waals surface area contributed by atoms with Crippen molar-refractivity contribution in [1.29, 1.82) is 0 Å². The van der Waals surface area contributed by atoms with E-state index in [0.29, 0.717) is 36.5 Å². The van der Waals surface area contributed by atoms with E-state index in [-0.39, 0.29) is 10.8 Å². The van der Waals surface area contributed by atoms with Crippen LogP contribution in [0.25, 0.3) is 10.9 Å². The Balaban J connectivity index is 0.000000989. The van der Waals surface area contributed by atoms with Gasteiger partial charge in [-0.05, 0) is 11.6 Å². The molecule has 3 aromatic rings. The van der Waals surface area contributed by atoms with Crippen LogP contribution in [0.4, 0.5) is 5.69 Å². The highest BCUT2D eigenvalue weighted by molar-refractivity contribution is 6.30. The number of fused-ring (bicyclic) bond motifs is 1. The smallest absolute Gasteiger partial charge is 0.270 e. The summed E-state index contributed by atoms with van der Waals surface area (Å²) in [5.74, 6) is 0.446. The molecule has 0 saturated carbocycles. The van der Waals surface area contributed by atoms with Crippen molar-refractivity contribution in [2.24, 2.45) is 0 Å². The minimum absolute atomic E-state index is 0.0261. The molecule has 1 heterocycles. The standard InChI is InChI=1S/C18H15ClN2O4.2C2H6/c19-18-11-17(15-10-14(21(22)23)6-7-16(15)20-18)25-9-8-24-12-13-4-2-1-3-5-13;2*1-2/h1-7,10-11H,8-9,12H2;2*1-2H3. The van der Waals surface area contributed by atoms with Crippen LogP contribution < -0.4 is 4.74 Å². The van der Waals surface area contributed by atoms with E-state index in [1.807, 2.05) is 58.0 Å². The highest BCUT2D eigenvalue weighted by Crippen LogP contribution is 2.30. The van der Waals surface area contributed by atoms with Gasteiger partial charge in [0.05, 0.1) is 23.7 Å². The lowest BCUT2D eigenvalue weighted by atomic mass is 10.2. The van der Waals surface area contributed by atoms with E-state index < -0.39 is 4.92 Å². The SMILES string of the molecule is CC.CC.O=[N+]([O-])c1ccc2nc(Cl)cc(OCCOCc3ccccc3)c2c1. The number of non-ortho nitro benzene ring substituents is 1. The number of halogens is 1. The lowest BCUT2D eigenvalue weighted by Gasteiger charge is -2.10. The summed E-state index contributed by atoms with van der Waals surface area (Å²) in [6.07, 6.45) is 0. The van der Waals surface area contributed by atoms with E-state index in [2.05, 4.69) is 4.98 Å². The number of nitrogens with zero attached hydrogens (tertiary/aromatic N) is 2. The van der Waals surface area contributed by atoms with Crippen molar-refractivity contribution in [2.75, 3.05) is 13.2 Å². The number of aromatic nitrogens is 1. The van der Waals surface area contributed by atoms with Crippen molar-refractivity contribution >= 4 is 28.2 Å². The lowest BCUT2D eigenvalue weighted by Crippen LogP contribution is -2.07. The van der Waals surface area contributed by atoms with Crippen molar-refractivity contribution in [1.82, 2.24) is 4.98 Å². The molecule has 0 saturated heterocycles. The minimum Gasteiger partial charge on any atom is -0.490 e. The summed E-state index contributed by atoms with van der Waals surface area (Å²) in [4.78, 5) is 14.6. The molecule has 7 heteroatoms.